The molecule has 10 heteroatoms. The lowest BCUT2D eigenvalue weighted by Crippen LogP contribution is -2.38. The number of nitriles is 1. The average molecular weight is 424 g/mol. The minimum atomic E-state index is -0.659. The van der Waals surface area contributed by atoms with Crippen LogP contribution in [-0.2, 0) is 9.53 Å². The summed E-state index contributed by atoms with van der Waals surface area (Å²) in [7, 11) is 1.47. The zero-order chi connectivity index (χ0) is 22.8. The summed E-state index contributed by atoms with van der Waals surface area (Å²) in [5.74, 6) is -0.147. The van der Waals surface area contributed by atoms with Crippen molar-refractivity contribution in [2.75, 3.05) is 18.9 Å². The highest BCUT2D eigenvalue weighted by atomic mass is 16.6. The molecule has 1 aliphatic rings. The first-order chi connectivity index (χ1) is 14.6. The van der Waals surface area contributed by atoms with Gasteiger partial charge in [0.1, 0.15) is 35.4 Å². The molecule has 0 atom stereocenters. The molecule has 0 saturated heterocycles. The second kappa shape index (κ2) is 8.55. The first kappa shape index (κ1) is 22.0. The molecule has 0 aliphatic heterocycles. The molecule has 1 aliphatic carbocycles. The number of amides is 2. The molecule has 10 nitrogen and oxygen atoms in total. The number of aromatic hydroxyl groups is 1. The number of hydrogen-bond donors (Lipinski definition) is 2. The quantitative estimate of drug-likeness (QED) is 0.746. The molecule has 2 aromatic rings. The Morgan fingerprint density at radius 3 is 2.58 bits per heavy atom. The Labute approximate surface area is 179 Å². The molecular weight excluding hydrogens is 400 g/mol. The molecule has 0 unspecified atom stereocenters. The van der Waals surface area contributed by atoms with E-state index < -0.39 is 17.6 Å². The van der Waals surface area contributed by atoms with Gasteiger partial charge in [0.2, 0.25) is 5.91 Å². The molecule has 1 fully saturated rings. The summed E-state index contributed by atoms with van der Waals surface area (Å²) in [5, 5.41) is 30.0. The maximum Gasteiger partial charge on any atom is 0.410 e. The molecule has 1 saturated carbocycles. The molecule has 2 amide bonds. The second-order valence-corrected chi connectivity index (χ2v) is 8.40. The topological polar surface area (TPSA) is 141 Å². The van der Waals surface area contributed by atoms with Crippen LogP contribution >= 0.6 is 0 Å². The Morgan fingerprint density at radius 2 is 2.00 bits per heavy atom. The van der Waals surface area contributed by atoms with Crippen molar-refractivity contribution in [3.05, 3.63) is 29.5 Å². The van der Waals surface area contributed by atoms with Crippen molar-refractivity contribution in [1.29, 1.82) is 5.26 Å². The zero-order valence-electron chi connectivity index (χ0n) is 17.8. The Kier molecular flexibility index (Phi) is 6.06. The number of aromatic nitrogens is 3. The monoisotopic (exact) mass is 424 g/mol. The standard InChI is InChI=1S/C21H24N6O4/c1-21(2,3)31-20(30)27(4)11-17(29)24-16-8-14(13-5-6-13)18(26-25-16)19-15(28)7-12(9-22)10-23-19/h7-8,10,13,28H,5-6,11H2,1-4H3,(H,24,25,29). The van der Waals surface area contributed by atoms with Crippen LogP contribution in [0.25, 0.3) is 11.4 Å². The predicted molar refractivity (Wildman–Crippen MR) is 111 cm³/mol. The van der Waals surface area contributed by atoms with Crippen LogP contribution in [0.2, 0.25) is 0 Å². The summed E-state index contributed by atoms with van der Waals surface area (Å²) >= 11 is 0. The van der Waals surface area contributed by atoms with Gasteiger partial charge in [-0.25, -0.2) is 9.78 Å². The maximum absolute atomic E-state index is 12.4. The number of hydrogen-bond acceptors (Lipinski definition) is 8. The number of likely N-dealkylation sites (N-methyl/N-ethyl adjacent to an activating group) is 1. The number of ether oxygens (including phenoxy) is 1. The summed E-state index contributed by atoms with van der Waals surface area (Å²) in [6.45, 7) is 5.02. The first-order valence-electron chi connectivity index (χ1n) is 9.78. The highest BCUT2D eigenvalue weighted by Crippen LogP contribution is 2.45. The van der Waals surface area contributed by atoms with E-state index in [1.807, 2.05) is 6.07 Å². The van der Waals surface area contributed by atoms with Crippen LogP contribution in [-0.4, -0.2) is 56.4 Å². The van der Waals surface area contributed by atoms with E-state index in [0.29, 0.717) is 5.69 Å². The lowest BCUT2D eigenvalue weighted by molar-refractivity contribution is -0.117. The van der Waals surface area contributed by atoms with Gasteiger partial charge in [0.15, 0.2) is 5.82 Å². The summed E-state index contributed by atoms with van der Waals surface area (Å²) in [5.41, 5.74) is 1.02. The number of carbonyl (C=O) groups is 2. The number of carbonyl (C=O) groups excluding carboxylic acids is 2. The molecular formula is C21H24N6O4. The Balaban J connectivity index is 1.75. The van der Waals surface area contributed by atoms with Crippen LogP contribution in [0, 0.1) is 11.3 Å². The summed E-state index contributed by atoms with van der Waals surface area (Å²) in [6, 6.07) is 4.94. The lowest BCUT2D eigenvalue weighted by Gasteiger charge is -2.24. The van der Waals surface area contributed by atoms with Crippen molar-refractivity contribution >= 4 is 17.8 Å². The van der Waals surface area contributed by atoms with Crippen LogP contribution in [0.15, 0.2) is 18.3 Å². The Bertz CT molecular complexity index is 1050. The molecule has 162 valence electrons. The Morgan fingerprint density at radius 1 is 1.29 bits per heavy atom. The second-order valence-electron chi connectivity index (χ2n) is 8.40. The molecule has 0 radical (unpaired) electrons. The summed E-state index contributed by atoms with van der Waals surface area (Å²) in [4.78, 5) is 29.7. The molecule has 0 aromatic carbocycles. The van der Waals surface area contributed by atoms with Crippen LogP contribution in [0.3, 0.4) is 0 Å². The first-order valence-corrected chi connectivity index (χ1v) is 9.78. The predicted octanol–water partition coefficient (Wildman–Crippen LogP) is 2.80. The van der Waals surface area contributed by atoms with E-state index in [4.69, 9.17) is 10.00 Å². The fourth-order valence-corrected chi connectivity index (χ4v) is 2.86. The van der Waals surface area contributed by atoms with Gasteiger partial charge >= 0.3 is 6.09 Å². The third kappa shape index (κ3) is 5.66. The fourth-order valence-electron chi connectivity index (χ4n) is 2.86. The number of anilines is 1. The van der Waals surface area contributed by atoms with Crippen molar-refractivity contribution < 1.29 is 19.4 Å². The van der Waals surface area contributed by atoms with Crippen molar-refractivity contribution in [1.82, 2.24) is 20.1 Å². The largest absolute Gasteiger partial charge is 0.506 e. The van der Waals surface area contributed by atoms with Gasteiger partial charge in [-0.1, -0.05) is 0 Å². The van der Waals surface area contributed by atoms with Crippen LogP contribution in [0.1, 0.15) is 50.7 Å². The highest BCUT2D eigenvalue weighted by Gasteiger charge is 2.30. The SMILES string of the molecule is CN(CC(=O)Nc1cc(C2CC2)c(-c2ncc(C#N)cc2O)nn1)C(=O)OC(C)(C)C. The van der Waals surface area contributed by atoms with Crippen LogP contribution in [0.5, 0.6) is 5.75 Å². The van der Waals surface area contributed by atoms with Crippen molar-refractivity contribution in [2.24, 2.45) is 0 Å². The number of nitrogens with zero attached hydrogens (tertiary/aromatic N) is 5. The molecule has 2 N–H and O–H groups in total. The van der Waals surface area contributed by atoms with Gasteiger partial charge in [-0.3, -0.25) is 4.79 Å². The zero-order valence-corrected chi connectivity index (χ0v) is 17.8. The van der Waals surface area contributed by atoms with E-state index in [2.05, 4.69) is 20.5 Å². The number of rotatable bonds is 5. The Hall–Kier alpha value is -3.74. The van der Waals surface area contributed by atoms with Gasteiger partial charge in [0, 0.05) is 19.3 Å². The molecule has 31 heavy (non-hydrogen) atoms. The van der Waals surface area contributed by atoms with Crippen LogP contribution < -0.4 is 5.32 Å². The van der Waals surface area contributed by atoms with E-state index in [9.17, 15) is 14.7 Å². The number of nitrogens with one attached hydrogen (secondary N) is 1. The molecule has 0 bridgehead atoms. The molecule has 0 spiro atoms. The maximum atomic E-state index is 12.4. The van der Waals surface area contributed by atoms with E-state index in [1.165, 1.54) is 24.2 Å². The average Bonchev–Trinajstić information content (AvgIpc) is 3.52. The van der Waals surface area contributed by atoms with E-state index in [0.717, 1.165) is 18.4 Å². The highest BCUT2D eigenvalue weighted by molar-refractivity contribution is 5.93. The van der Waals surface area contributed by atoms with Gasteiger partial charge in [-0.2, -0.15) is 5.26 Å². The smallest absolute Gasteiger partial charge is 0.410 e. The summed E-state index contributed by atoms with van der Waals surface area (Å²) in [6.07, 6.45) is 2.65. The van der Waals surface area contributed by atoms with Crippen molar-refractivity contribution in [2.45, 2.75) is 45.1 Å². The van der Waals surface area contributed by atoms with Crippen molar-refractivity contribution in [3.63, 3.8) is 0 Å². The van der Waals surface area contributed by atoms with Gasteiger partial charge in [-0.15, -0.1) is 10.2 Å². The third-order valence-electron chi connectivity index (χ3n) is 4.41. The van der Waals surface area contributed by atoms with E-state index in [1.54, 1.807) is 26.8 Å². The van der Waals surface area contributed by atoms with Crippen LogP contribution in [0.4, 0.5) is 10.6 Å². The molecule has 2 aromatic heterocycles. The fraction of sp³-hybridized carbons (Fsp3) is 0.429. The normalized spacial score (nSPS) is 13.3. The van der Waals surface area contributed by atoms with Gasteiger partial charge in [-0.05, 0) is 51.2 Å². The van der Waals surface area contributed by atoms with Crippen molar-refractivity contribution in [3.8, 4) is 23.2 Å². The molecule has 3 rings (SSSR count). The minimum absolute atomic E-state index is 0.161. The van der Waals surface area contributed by atoms with Gasteiger partial charge in [0.05, 0.1) is 5.56 Å². The van der Waals surface area contributed by atoms with E-state index >= 15 is 0 Å². The van der Waals surface area contributed by atoms with Gasteiger partial charge < -0.3 is 20.1 Å². The van der Waals surface area contributed by atoms with E-state index in [-0.39, 0.29) is 35.3 Å². The number of pyridine rings is 1. The minimum Gasteiger partial charge on any atom is -0.506 e. The molecule has 2 heterocycles. The van der Waals surface area contributed by atoms with Gasteiger partial charge in [0.25, 0.3) is 0 Å². The lowest BCUT2D eigenvalue weighted by atomic mass is 10.1. The third-order valence-corrected chi connectivity index (χ3v) is 4.41. The summed E-state index contributed by atoms with van der Waals surface area (Å²) < 4.78 is 5.23.